The number of rotatable bonds is 2. The van der Waals surface area contributed by atoms with E-state index in [1.165, 1.54) is 0 Å². The van der Waals surface area contributed by atoms with E-state index in [1.807, 2.05) is 0 Å². The molecule has 0 fully saturated rings. The number of carboxylic acids is 1. The minimum absolute atomic E-state index is 0. The molecule has 57 valence electrons. The van der Waals surface area contributed by atoms with Gasteiger partial charge >= 0.3 is 63.1 Å². The quantitative estimate of drug-likeness (QED) is 0.646. The first-order chi connectivity index (χ1) is 4.72. The van der Waals surface area contributed by atoms with E-state index in [4.69, 9.17) is 5.11 Å². The summed E-state index contributed by atoms with van der Waals surface area (Å²) in [7, 11) is 0. The molecule has 0 saturated carbocycles. The third-order valence-corrected chi connectivity index (χ3v) is 1.38. The van der Waals surface area contributed by atoms with Crippen LogP contribution >= 0.6 is 0 Å². The SMILES string of the molecule is O=C(O)[CH]([Fe])c1nnn[nH]1.[Zn]. The second-order valence-corrected chi connectivity index (χ2v) is 2.11. The van der Waals surface area contributed by atoms with Crippen LogP contribution in [0.25, 0.3) is 0 Å². The maximum atomic E-state index is 10.2. The summed E-state index contributed by atoms with van der Waals surface area (Å²) in [6.45, 7) is 0. The van der Waals surface area contributed by atoms with Crippen molar-refractivity contribution in [2.75, 3.05) is 0 Å². The van der Waals surface area contributed by atoms with Crippen molar-refractivity contribution in [3.63, 3.8) is 0 Å². The van der Waals surface area contributed by atoms with Crippen LogP contribution < -0.4 is 0 Å². The Hall–Kier alpha value is -0.317. The monoisotopic (exact) mass is 247 g/mol. The van der Waals surface area contributed by atoms with Crippen LogP contribution in [0.2, 0.25) is 0 Å². The van der Waals surface area contributed by atoms with Crippen LogP contribution in [0.3, 0.4) is 0 Å². The molecule has 0 spiro atoms. The van der Waals surface area contributed by atoms with Gasteiger partial charge in [0.25, 0.3) is 0 Å². The van der Waals surface area contributed by atoms with Gasteiger partial charge in [0.05, 0.1) is 0 Å². The molecule has 0 bridgehead atoms. The van der Waals surface area contributed by atoms with Crippen molar-refractivity contribution in [2.24, 2.45) is 0 Å². The Labute approximate surface area is 82.7 Å². The number of aromatic amines is 1. The largest absolute Gasteiger partial charge is 0 e. The van der Waals surface area contributed by atoms with E-state index in [2.05, 4.69) is 36.6 Å². The van der Waals surface area contributed by atoms with Gasteiger partial charge in [-0.3, -0.25) is 0 Å². The summed E-state index contributed by atoms with van der Waals surface area (Å²) in [5, 5.41) is 20.5. The summed E-state index contributed by atoms with van der Waals surface area (Å²) in [5.74, 6) is -0.897. The molecule has 1 atom stereocenters. The minimum atomic E-state index is -1.06. The van der Waals surface area contributed by atoms with Crippen LogP contribution in [0, 0.1) is 0 Å². The van der Waals surface area contributed by atoms with Crippen molar-refractivity contribution in [1.29, 1.82) is 0 Å². The van der Waals surface area contributed by atoms with E-state index in [9.17, 15) is 4.79 Å². The average Bonchev–Trinajstić information content (AvgIpc) is 2.36. The zero-order valence-corrected chi connectivity index (χ0v) is 9.41. The molecule has 0 amide bonds. The second kappa shape index (κ2) is 4.54. The number of tetrazole rings is 1. The molecule has 0 radical (unpaired) electrons. The zero-order chi connectivity index (χ0) is 7.56. The Bertz CT molecular complexity index is 227. The van der Waals surface area contributed by atoms with Crippen LogP contribution in [0.4, 0.5) is 0 Å². The van der Waals surface area contributed by atoms with Gasteiger partial charge in [0.15, 0.2) is 0 Å². The van der Waals surface area contributed by atoms with E-state index < -0.39 is 10.8 Å². The molecule has 6 nitrogen and oxygen atoms in total. The maximum Gasteiger partial charge on any atom is 0 e. The molecule has 11 heavy (non-hydrogen) atoms. The molecular weight excluding hydrogens is 245 g/mol. The summed E-state index contributed by atoms with van der Waals surface area (Å²) in [4.78, 5) is 9.30. The number of aliphatic carboxylic acids is 1. The number of hydrogen-bond donors (Lipinski definition) is 2. The first-order valence-electron chi connectivity index (χ1n) is 2.31. The van der Waals surface area contributed by atoms with Crippen LogP contribution in [0.5, 0.6) is 0 Å². The van der Waals surface area contributed by atoms with Gasteiger partial charge in [-0.2, -0.15) is 0 Å². The van der Waals surface area contributed by atoms with E-state index in [0.717, 1.165) is 0 Å². The van der Waals surface area contributed by atoms with E-state index in [-0.39, 0.29) is 25.3 Å². The molecular formula is C3H3FeN4O2Zn. The summed E-state index contributed by atoms with van der Waals surface area (Å²) < 4.78 is 0. The predicted molar refractivity (Wildman–Crippen MR) is 24.6 cm³/mol. The van der Waals surface area contributed by atoms with Gasteiger partial charge in [-0.25, -0.2) is 0 Å². The molecule has 1 unspecified atom stereocenters. The van der Waals surface area contributed by atoms with E-state index >= 15 is 0 Å². The van der Waals surface area contributed by atoms with Gasteiger partial charge in [-0.15, -0.1) is 0 Å². The molecule has 1 aromatic rings. The fourth-order valence-corrected chi connectivity index (χ4v) is 0.523. The molecule has 1 aromatic heterocycles. The van der Waals surface area contributed by atoms with Gasteiger partial charge < -0.3 is 0 Å². The number of carboxylic acid groups (broad SMARTS) is 1. The Morgan fingerprint density at radius 2 is 2.36 bits per heavy atom. The number of hydrogen-bond acceptors (Lipinski definition) is 4. The first-order valence-corrected chi connectivity index (χ1v) is 2.94. The van der Waals surface area contributed by atoms with Crippen molar-refractivity contribution < 1.29 is 45.4 Å². The summed E-state index contributed by atoms with van der Waals surface area (Å²) in [6, 6.07) is 0. The number of nitrogens with one attached hydrogen (secondary N) is 1. The fraction of sp³-hybridized carbons (Fsp3) is 0.333. The number of carbonyl (C=O) groups is 1. The number of aromatic nitrogens is 4. The van der Waals surface area contributed by atoms with Gasteiger partial charge in [0.1, 0.15) is 0 Å². The molecule has 2 N–H and O–H groups in total. The molecule has 0 saturated heterocycles. The summed E-state index contributed by atoms with van der Waals surface area (Å²) in [6.07, 6.45) is 0. The smallest absolute Gasteiger partial charge is 0 e. The van der Waals surface area contributed by atoms with Crippen molar-refractivity contribution in [3.05, 3.63) is 5.82 Å². The normalized spacial score (nSPS) is 11.7. The van der Waals surface area contributed by atoms with Crippen molar-refractivity contribution in [3.8, 4) is 0 Å². The molecule has 0 aliphatic rings. The molecule has 0 aromatic carbocycles. The molecule has 8 heteroatoms. The van der Waals surface area contributed by atoms with Crippen molar-refractivity contribution >= 4 is 5.97 Å². The fourth-order valence-electron chi connectivity index (χ4n) is 0.388. The second-order valence-electron chi connectivity index (χ2n) is 1.47. The Balaban J connectivity index is 0.000001000. The Morgan fingerprint density at radius 3 is 2.73 bits per heavy atom. The Kier molecular flexibility index (Phi) is 4.41. The van der Waals surface area contributed by atoms with Crippen LogP contribution in [-0.2, 0) is 40.3 Å². The molecule has 1 rings (SSSR count). The molecule has 1 heterocycles. The summed E-state index contributed by atoms with van der Waals surface area (Å²) >= 11 is 3.31. The van der Waals surface area contributed by atoms with Crippen LogP contribution in [0.15, 0.2) is 0 Å². The van der Waals surface area contributed by atoms with Crippen LogP contribution in [0.1, 0.15) is 10.6 Å². The standard InChI is InChI=1S/C3H3N4O2.Fe.Zn/c8-3(9)1-2-4-6-7-5-2;;/h1H,(H,8,9)(H,4,5,6,7);;. The summed E-state index contributed by atoms with van der Waals surface area (Å²) in [5.41, 5.74) is 0. The van der Waals surface area contributed by atoms with Crippen molar-refractivity contribution in [1.82, 2.24) is 20.6 Å². The molecule has 0 aliphatic carbocycles. The van der Waals surface area contributed by atoms with E-state index in [1.54, 1.807) is 0 Å². The minimum Gasteiger partial charge on any atom is 0 e. The number of H-pyrrole nitrogens is 1. The maximum absolute atomic E-state index is 10.2. The zero-order valence-electron chi connectivity index (χ0n) is 5.34. The van der Waals surface area contributed by atoms with Crippen molar-refractivity contribution in [2.45, 2.75) is 4.82 Å². The van der Waals surface area contributed by atoms with Gasteiger partial charge in [-0.1, -0.05) is 0 Å². The predicted octanol–water partition coefficient (Wildman–Crippen LogP) is -1.13. The third-order valence-electron chi connectivity index (χ3n) is 0.806. The average molecular weight is 248 g/mol. The van der Waals surface area contributed by atoms with E-state index in [0.29, 0.717) is 0 Å². The van der Waals surface area contributed by atoms with Gasteiger partial charge in [-0.05, 0) is 0 Å². The third kappa shape index (κ3) is 2.65. The topological polar surface area (TPSA) is 91.8 Å². The van der Waals surface area contributed by atoms with Gasteiger partial charge in [0.2, 0.25) is 0 Å². The first kappa shape index (κ1) is 10.7. The van der Waals surface area contributed by atoms with Gasteiger partial charge in [0, 0.05) is 19.5 Å². The molecule has 0 aliphatic heterocycles. The number of nitrogens with zero attached hydrogens (tertiary/aromatic N) is 3. The Morgan fingerprint density at radius 1 is 1.73 bits per heavy atom. The van der Waals surface area contributed by atoms with Crippen LogP contribution in [-0.4, -0.2) is 31.7 Å².